The van der Waals surface area contributed by atoms with Crippen molar-refractivity contribution >= 4 is 17.5 Å². The minimum atomic E-state index is -0.604. The van der Waals surface area contributed by atoms with E-state index in [0.717, 1.165) is 42.5 Å². The van der Waals surface area contributed by atoms with Crippen LogP contribution in [0.3, 0.4) is 0 Å². The average Bonchev–Trinajstić information content (AvgIpc) is 3.02. The van der Waals surface area contributed by atoms with E-state index < -0.39 is 6.29 Å². The lowest BCUT2D eigenvalue weighted by Gasteiger charge is -2.39. The summed E-state index contributed by atoms with van der Waals surface area (Å²) in [6.07, 6.45) is 2.71. The van der Waals surface area contributed by atoms with Gasteiger partial charge in [-0.15, -0.1) is 0 Å². The number of hydrogen-bond acceptors (Lipinski definition) is 6. The van der Waals surface area contributed by atoms with Crippen molar-refractivity contribution in [3.05, 3.63) is 101 Å². The van der Waals surface area contributed by atoms with Gasteiger partial charge in [-0.05, 0) is 55.6 Å². The minimum Gasteiger partial charge on any atom is -0.392 e. The molecule has 230 valence electrons. The number of rotatable bonds is 14. The van der Waals surface area contributed by atoms with E-state index in [1.165, 1.54) is 12.5 Å². The van der Waals surface area contributed by atoms with Gasteiger partial charge in [-0.25, -0.2) is 0 Å². The van der Waals surface area contributed by atoms with E-state index in [9.17, 15) is 14.7 Å². The molecule has 0 unspecified atom stereocenters. The number of carbonyl (C=O) groups is 2. The van der Waals surface area contributed by atoms with Crippen molar-refractivity contribution < 1.29 is 24.2 Å². The average molecular weight is 588 g/mol. The van der Waals surface area contributed by atoms with Gasteiger partial charge in [0.25, 0.3) is 0 Å². The van der Waals surface area contributed by atoms with Gasteiger partial charge in [0.1, 0.15) is 0 Å². The predicted molar refractivity (Wildman–Crippen MR) is 168 cm³/mol. The maximum absolute atomic E-state index is 12.6. The molecular weight excluding hydrogens is 542 g/mol. The highest BCUT2D eigenvalue weighted by Crippen LogP contribution is 2.39. The largest absolute Gasteiger partial charge is 0.392 e. The summed E-state index contributed by atoms with van der Waals surface area (Å²) in [7, 11) is 2.12. The van der Waals surface area contributed by atoms with Gasteiger partial charge in [0, 0.05) is 50.1 Å². The molecule has 1 aliphatic rings. The Kier molecular flexibility index (Phi) is 12.3. The number of aliphatic hydroxyl groups is 1. The zero-order valence-corrected chi connectivity index (χ0v) is 25.5. The fraction of sp³-hybridized carbons (Fsp3) is 0.429. The molecule has 8 heteroatoms. The van der Waals surface area contributed by atoms with E-state index in [2.05, 4.69) is 53.8 Å². The molecule has 4 atom stereocenters. The van der Waals surface area contributed by atoms with Crippen LogP contribution in [0.1, 0.15) is 86.6 Å². The maximum Gasteiger partial charge on any atom is 0.224 e. The second kappa shape index (κ2) is 16.3. The van der Waals surface area contributed by atoms with Gasteiger partial charge in [-0.1, -0.05) is 73.2 Å². The number of unbranched alkanes of at least 4 members (excludes halogenated alkanes) is 2. The highest BCUT2D eigenvalue weighted by Gasteiger charge is 2.33. The van der Waals surface area contributed by atoms with Gasteiger partial charge in [-0.3, -0.25) is 14.5 Å². The molecule has 3 aromatic rings. The predicted octanol–water partition coefficient (Wildman–Crippen LogP) is 6.05. The van der Waals surface area contributed by atoms with Gasteiger partial charge < -0.3 is 25.2 Å². The molecule has 0 saturated carbocycles. The molecule has 1 saturated heterocycles. The van der Waals surface area contributed by atoms with Crippen LogP contribution in [0.2, 0.25) is 0 Å². The summed E-state index contributed by atoms with van der Waals surface area (Å²) >= 11 is 0. The van der Waals surface area contributed by atoms with Crippen molar-refractivity contribution in [1.82, 2.24) is 10.2 Å². The second-order valence-corrected chi connectivity index (χ2v) is 11.3. The van der Waals surface area contributed by atoms with Gasteiger partial charge in [0.05, 0.1) is 18.8 Å². The molecule has 3 aromatic carbocycles. The van der Waals surface area contributed by atoms with Crippen molar-refractivity contribution in [2.24, 2.45) is 0 Å². The number of carbonyl (C=O) groups excluding carboxylic acids is 2. The summed E-state index contributed by atoms with van der Waals surface area (Å²) in [5.74, 6) is -0.0760. The van der Waals surface area contributed by atoms with Crippen LogP contribution >= 0.6 is 0 Å². The summed E-state index contributed by atoms with van der Waals surface area (Å²) in [5.41, 5.74) is 4.69. The third-order valence-corrected chi connectivity index (χ3v) is 7.95. The van der Waals surface area contributed by atoms with Crippen molar-refractivity contribution in [3.63, 3.8) is 0 Å². The molecule has 1 aliphatic heterocycles. The molecule has 0 aliphatic carbocycles. The quantitative estimate of drug-likeness (QED) is 0.199. The molecule has 2 amide bonds. The second-order valence-electron chi connectivity index (χ2n) is 11.3. The summed E-state index contributed by atoms with van der Waals surface area (Å²) in [6.45, 7) is 5.06. The SMILES string of the molecule is CC(=O)NCCCCCC(=O)Nc1cccc([C@@H]2O[C@H](CN(C)[C@@H](C)c3ccccc3)C[C@H](c3ccc(CO)cc3)O2)c1. The first-order valence-corrected chi connectivity index (χ1v) is 15.2. The number of amides is 2. The molecule has 3 N–H and O–H groups in total. The van der Waals surface area contributed by atoms with E-state index in [1.54, 1.807) is 0 Å². The number of nitrogens with zero attached hydrogens (tertiary/aromatic N) is 1. The standard InChI is InChI=1S/C35H45N3O5/c1-25(28-11-6-4-7-12-28)38(3)23-32-22-33(29-18-16-27(24-39)17-19-29)43-35(42-32)30-13-10-14-31(21-30)37-34(41)15-8-5-9-20-36-26(2)40/h4,6-7,10-14,16-19,21,25,32-33,35,39H,5,8-9,15,20,22-24H2,1-3H3,(H,36,40)(H,37,41)/t25-,32-,33+,35+/m0/s1. The molecule has 0 spiro atoms. The highest BCUT2D eigenvalue weighted by atomic mass is 16.7. The lowest BCUT2D eigenvalue weighted by molar-refractivity contribution is -0.253. The van der Waals surface area contributed by atoms with Crippen LogP contribution in [0.25, 0.3) is 0 Å². The number of likely N-dealkylation sites (N-methyl/N-ethyl adjacent to an activating group) is 1. The molecular formula is C35H45N3O5. The molecule has 1 heterocycles. The van der Waals surface area contributed by atoms with Crippen LogP contribution in [0.15, 0.2) is 78.9 Å². The smallest absolute Gasteiger partial charge is 0.224 e. The molecule has 0 radical (unpaired) electrons. The third kappa shape index (κ3) is 10.0. The monoisotopic (exact) mass is 587 g/mol. The van der Waals surface area contributed by atoms with Crippen molar-refractivity contribution in [1.29, 1.82) is 0 Å². The number of benzene rings is 3. The van der Waals surface area contributed by atoms with Gasteiger partial charge >= 0.3 is 0 Å². The Bertz CT molecular complexity index is 1300. The van der Waals surface area contributed by atoms with Crippen LogP contribution in [0, 0.1) is 0 Å². The number of anilines is 1. The molecule has 0 bridgehead atoms. The van der Waals surface area contributed by atoms with Crippen molar-refractivity contribution in [2.75, 3.05) is 25.5 Å². The first-order chi connectivity index (χ1) is 20.8. The number of ether oxygens (including phenoxy) is 2. The Morgan fingerprint density at radius 1 is 0.953 bits per heavy atom. The summed E-state index contributed by atoms with van der Waals surface area (Å²) < 4.78 is 13.1. The Hall–Kier alpha value is -3.56. The highest BCUT2D eigenvalue weighted by molar-refractivity contribution is 5.90. The van der Waals surface area contributed by atoms with E-state index in [0.29, 0.717) is 25.1 Å². The van der Waals surface area contributed by atoms with Crippen LogP contribution < -0.4 is 10.6 Å². The Balaban J connectivity index is 1.43. The molecule has 43 heavy (non-hydrogen) atoms. The molecule has 8 nitrogen and oxygen atoms in total. The number of nitrogens with one attached hydrogen (secondary N) is 2. The fourth-order valence-electron chi connectivity index (χ4n) is 5.34. The van der Waals surface area contributed by atoms with Gasteiger partial charge in [0.2, 0.25) is 11.8 Å². The van der Waals surface area contributed by atoms with Crippen molar-refractivity contribution in [3.8, 4) is 0 Å². The topological polar surface area (TPSA) is 100 Å². The van der Waals surface area contributed by atoms with Crippen LogP contribution in [-0.4, -0.2) is 48.1 Å². The number of hydrogen-bond donors (Lipinski definition) is 3. The minimum absolute atomic E-state index is 0.00206. The van der Waals surface area contributed by atoms with E-state index >= 15 is 0 Å². The lowest BCUT2D eigenvalue weighted by atomic mass is 9.99. The Morgan fingerprint density at radius 3 is 2.44 bits per heavy atom. The normalized spacial score (nSPS) is 19.1. The third-order valence-electron chi connectivity index (χ3n) is 7.95. The van der Waals surface area contributed by atoms with Gasteiger partial charge in [-0.2, -0.15) is 0 Å². The first-order valence-electron chi connectivity index (χ1n) is 15.2. The maximum atomic E-state index is 12.6. The molecule has 4 rings (SSSR count). The first kappa shape index (κ1) is 32.4. The lowest BCUT2D eigenvalue weighted by Crippen LogP contribution is -2.38. The van der Waals surface area contributed by atoms with Crippen LogP contribution in [-0.2, 0) is 25.7 Å². The zero-order chi connectivity index (χ0) is 30.6. The summed E-state index contributed by atoms with van der Waals surface area (Å²) in [6, 6.07) is 26.2. The summed E-state index contributed by atoms with van der Waals surface area (Å²) in [4.78, 5) is 25.9. The summed E-state index contributed by atoms with van der Waals surface area (Å²) in [5, 5.41) is 15.3. The Labute approximate surface area is 255 Å². The van der Waals surface area contributed by atoms with Gasteiger partial charge in [0.15, 0.2) is 6.29 Å². The number of aliphatic hydroxyl groups excluding tert-OH is 1. The Morgan fingerprint density at radius 2 is 1.72 bits per heavy atom. The van der Waals surface area contributed by atoms with E-state index in [-0.39, 0.29) is 36.7 Å². The van der Waals surface area contributed by atoms with E-state index in [4.69, 9.17) is 9.47 Å². The van der Waals surface area contributed by atoms with Crippen LogP contribution in [0.4, 0.5) is 5.69 Å². The molecule has 0 aromatic heterocycles. The van der Waals surface area contributed by atoms with E-state index in [1.807, 2.05) is 54.6 Å². The van der Waals surface area contributed by atoms with Crippen LogP contribution in [0.5, 0.6) is 0 Å². The zero-order valence-electron chi connectivity index (χ0n) is 25.5. The van der Waals surface area contributed by atoms with Crippen molar-refractivity contribution in [2.45, 2.75) is 77.1 Å². The molecule has 1 fully saturated rings. The fourth-order valence-corrected chi connectivity index (χ4v) is 5.34.